The molecular weight excluding hydrogens is 179 g/mol. The van der Waals surface area contributed by atoms with Crippen LogP contribution in [0.25, 0.3) is 0 Å². The molecule has 3 heteroatoms. The third-order valence-electron chi connectivity index (χ3n) is 3.35. The van der Waals surface area contributed by atoms with Crippen molar-refractivity contribution in [3.05, 3.63) is 0 Å². The predicted octanol–water partition coefficient (Wildman–Crippen LogP) is 1.51. The van der Waals surface area contributed by atoms with E-state index in [1.165, 1.54) is 12.8 Å². The van der Waals surface area contributed by atoms with Crippen molar-refractivity contribution in [2.45, 2.75) is 51.0 Å². The van der Waals surface area contributed by atoms with Crippen LogP contribution in [-0.4, -0.2) is 54.2 Å². The van der Waals surface area contributed by atoms with Gasteiger partial charge in [0.25, 0.3) is 0 Å². The molecule has 2 rings (SSSR count). The van der Waals surface area contributed by atoms with Gasteiger partial charge in [-0.15, -0.1) is 0 Å². The predicted molar refractivity (Wildman–Crippen MR) is 56.2 cm³/mol. The normalized spacial score (nSPS) is 34.7. The molecule has 2 aliphatic rings. The summed E-state index contributed by atoms with van der Waals surface area (Å²) in [5, 5.41) is 0. The lowest BCUT2D eigenvalue weighted by atomic mass is 10.1. The summed E-state index contributed by atoms with van der Waals surface area (Å²) in [4.78, 5) is 4.50. The number of nitrogens with zero attached hydrogens (tertiary/aromatic N) is 2. The Balaban J connectivity index is 2.03. The highest BCUT2D eigenvalue weighted by Crippen LogP contribution is 2.33. The van der Waals surface area contributed by atoms with Gasteiger partial charge in [-0.1, -0.05) is 0 Å². The molecule has 0 spiro atoms. The monoisotopic (exact) mass is 200 g/mol. The first-order valence-corrected chi connectivity index (χ1v) is 5.69. The van der Waals surface area contributed by atoms with Crippen molar-refractivity contribution in [1.82, 2.24) is 9.80 Å². The second-order valence-electron chi connectivity index (χ2n) is 5.08. The summed E-state index contributed by atoms with van der Waals surface area (Å²) in [6, 6.07) is 1.30. The van der Waals surface area contributed by atoms with Gasteiger partial charge in [0.05, 0.1) is 6.04 Å². The Bertz CT molecular complexity index is 201. The molecule has 1 heterocycles. The molecule has 82 valence electrons. The number of rotatable bonds is 3. The molecule has 0 amide bonds. The minimum absolute atomic E-state index is 0.146. The lowest BCUT2D eigenvalue weighted by molar-refractivity contribution is 0.102. The van der Waals surface area contributed by atoms with E-state index < -0.39 is 6.17 Å². The highest BCUT2D eigenvalue weighted by molar-refractivity contribution is 4.97. The smallest absolute Gasteiger partial charge is 0.129 e. The fourth-order valence-corrected chi connectivity index (χ4v) is 2.66. The van der Waals surface area contributed by atoms with E-state index in [-0.39, 0.29) is 6.04 Å². The fourth-order valence-electron chi connectivity index (χ4n) is 2.66. The molecule has 0 aromatic heterocycles. The average molecular weight is 200 g/mol. The summed E-state index contributed by atoms with van der Waals surface area (Å²) >= 11 is 0. The largest absolute Gasteiger partial charge is 0.302 e. The highest BCUT2D eigenvalue weighted by atomic mass is 19.1. The highest BCUT2D eigenvalue weighted by Gasteiger charge is 2.42. The van der Waals surface area contributed by atoms with E-state index in [1.807, 2.05) is 7.05 Å². The van der Waals surface area contributed by atoms with Gasteiger partial charge in [0, 0.05) is 25.2 Å². The summed E-state index contributed by atoms with van der Waals surface area (Å²) in [5.41, 5.74) is 0. The van der Waals surface area contributed by atoms with E-state index in [0.717, 1.165) is 6.54 Å². The third-order valence-corrected chi connectivity index (χ3v) is 3.35. The van der Waals surface area contributed by atoms with Crippen LogP contribution in [0.2, 0.25) is 0 Å². The third kappa shape index (κ3) is 1.94. The van der Waals surface area contributed by atoms with Crippen LogP contribution >= 0.6 is 0 Å². The van der Waals surface area contributed by atoms with E-state index in [9.17, 15) is 4.39 Å². The maximum Gasteiger partial charge on any atom is 0.129 e. The standard InChI is InChI=1S/C11H21FN2/c1-8(2)14(9-4-5-9)11-7-13(3)6-10(11)12/h8-11H,4-7H2,1-3H3. The summed E-state index contributed by atoms with van der Waals surface area (Å²) in [7, 11) is 2.01. The maximum atomic E-state index is 13.8. The minimum Gasteiger partial charge on any atom is -0.302 e. The van der Waals surface area contributed by atoms with Crippen molar-refractivity contribution < 1.29 is 4.39 Å². The van der Waals surface area contributed by atoms with Crippen LogP contribution in [0, 0.1) is 0 Å². The molecule has 2 fully saturated rings. The van der Waals surface area contributed by atoms with Gasteiger partial charge in [-0.25, -0.2) is 4.39 Å². The van der Waals surface area contributed by atoms with Crippen LogP contribution in [0.15, 0.2) is 0 Å². The van der Waals surface area contributed by atoms with Crippen LogP contribution in [0.5, 0.6) is 0 Å². The quantitative estimate of drug-likeness (QED) is 0.681. The van der Waals surface area contributed by atoms with Crippen molar-refractivity contribution in [3.8, 4) is 0 Å². The van der Waals surface area contributed by atoms with Gasteiger partial charge in [0.2, 0.25) is 0 Å². The first kappa shape index (κ1) is 10.4. The van der Waals surface area contributed by atoms with Gasteiger partial charge in [0.15, 0.2) is 0 Å². The zero-order valence-corrected chi connectivity index (χ0v) is 9.41. The van der Waals surface area contributed by atoms with Gasteiger partial charge in [-0.05, 0) is 33.7 Å². The van der Waals surface area contributed by atoms with E-state index in [0.29, 0.717) is 18.6 Å². The number of halogens is 1. The molecule has 2 atom stereocenters. The first-order chi connectivity index (χ1) is 6.59. The Morgan fingerprint density at radius 3 is 2.29 bits per heavy atom. The zero-order valence-electron chi connectivity index (χ0n) is 9.41. The molecule has 1 aliphatic carbocycles. The van der Waals surface area contributed by atoms with Crippen LogP contribution in [-0.2, 0) is 0 Å². The molecule has 1 saturated carbocycles. The molecule has 2 nitrogen and oxygen atoms in total. The molecule has 14 heavy (non-hydrogen) atoms. The lowest BCUT2D eigenvalue weighted by Gasteiger charge is -2.33. The molecule has 1 saturated heterocycles. The molecule has 1 aliphatic heterocycles. The van der Waals surface area contributed by atoms with Crippen molar-refractivity contribution in [2.75, 3.05) is 20.1 Å². The summed E-state index contributed by atoms with van der Waals surface area (Å²) < 4.78 is 13.8. The number of alkyl halides is 1. The topological polar surface area (TPSA) is 6.48 Å². The minimum atomic E-state index is -0.650. The molecular formula is C11H21FN2. The SMILES string of the molecule is CC(C)N(C1CC1)C1CN(C)CC1F. The Kier molecular flexibility index (Phi) is 2.80. The van der Waals surface area contributed by atoms with Crippen molar-refractivity contribution in [3.63, 3.8) is 0 Å². The van der Waals surface area contributed by atoms with Gasteiger partial charge in [0.1, 0.15) is 6.17 Å². The van der Waals surface area contributed by atoms with Crippen molar-refractivity contribution in [2.24, 2.45) is 0 Å². The number of hydrogen-bond acceptors (Lipinski definition) is 2. The average Bonchev–Trinajstić information content (AvgIpc) is 2.81. The van der Waals surface area contributed by atoms with Crippen LogP contribution < -0.4 is 0 Å². The first-order valence-electron chi connectivity index (χ1n) is 5.69. The Labute approximate surface area is 86.1 Å². The van der Waals surface area contributed by atoms with Gasteiger partial charge >= 0.3 is 0 Å². The van der Waals surface area contributed by atoms with E-state index in [4.69, 9.17) is 0 Å². The van der Waals surface area contributed by atoms with Crippen molar-refractivity contribution in [1.29, 1.82) is 0 Å². The van der Waals surface area contributed by atoms with Gasteiger partial charge in [-0.2, -0.15) is 0 Å². The second kappa shape index (κ2) is 3.78. The Hall–Kier alpha value is -0.150. The number of hydrogen-bond donors (Lipinski definition) is 0. The Morgan fingerprint density at radius 2 is 1.93 bits per heavy atom. The summed E-state index contributed by atoms with van der Waals surface area (Å²) in [5.74, 6) is 0. The van der Waals surface area contributed by atoms with Gasteiger partial charge < -0.3 is 4.90 Å². The lowest BCUT2D eigenvalue weighted by Crippen LogP contribution is -2.47. The molecule has 0 bridgehead atoms. The number of likely N-dealkylation sites (N-methyl/N-ethyl adjacent to an activating group) is 1. The molecule has 0 radical (unpaired) electrons. The van der Waals surface area contributed by atoms with Gasteiger partial charge in [-0.3, -0.25) is 4.90 Å². The van der Waals surface area contributed by atoms with Crippen LogP contribution in [0.1, 0.15) is 26.7 Å². The van der Waals surface area contributed by atoms with Crippen molar-refractivity contribution >= 4 is 0 Å². The van der Waals surface area contributed by atoms with E-state index in [2.05, 4.69) is 23.6 Å². The maximum absolute atomic E-state index is 13.8. The second-order valence-corrected chi connectivity index (χ2v) is 5.08. The molecule has 0 aromatic carbocycles. The molecule has 0 N–H and O–H groups in total. The number of likely N-dealkylation sites (tertiary alicyclic amines) is 1. The summed E-state index contributed by atoms with van der Waals surface area (Å²) in [6.07, 6.45) is 1.89. The zero-order chi connectivity index (χ0) is 10.3. The van der Waals surface area contributed by atoms with E-state index in [1.54, 1.807) is 0 Å². The fraction of sp³-hybridized carbons (Fsp3) is 1.00. The molecule has 2 unspecified atom stereocenters. The van der Waals surface area contributed by atoms with Crippen LogP contribution in [0.4, 0.5) is 4.39 Å². The molecule has 0 aromatic rings. The summed E-state index contributed by atoms with van der Waals surface area (Å²) in [6.45, 7) is 5.88. The Morgan fingerprint density at radius 1 is 1.29 bits per heavy atom. The van der Waals surface area contributed by atoms with Crippen LogP contribution in [0.3, 0.4) is 0 Å². The van der Waals surface area contributed by atoms with E-state index >= 15 is 0 Å².